The molecule has 23 heavy (non-hydrogen) atoms. The summed E-state index contributed by atoms with van der Waals surface area (Å²) in [6.45, 7) is -0.376. The molecular formula is C14H20N4O5. The summed E-state index contributed by atoms with van der Waals surface area (Å²) >= 11 is 0. The highest BCUT2D eigenvalue weighted by Gasteiger charge is 2.22. The fraction of sp³-hybridized carbons (Fsp3) is 0.357. The summed E-state index contributed by atoms with van der Waals surface area (Å²) < 4.78 is 4.95. The fourth-order valence-corrected chi connectivity index (χ4v) is 1.56. The van der Waals surface area contributed by atoms with Crippen LogP contribution in [0.25, 0.3) is 0 Å². The number of aliphatic carboxylic acids is 1. The minimum atomic E-state index is -1.26. The van der Waals surface area contributed by atoms with Crippen molar-refractivity contribution >= 4 is 18.0 Å². The molecule has 0 heterocycles. The number of benzene rings is 1. The molecule has 0 saturated carbocycles. The molecule has 0 saturated heterocycles. The second-order valence-corrected chi connectivity index (χ2v) is 4.68. The van der Waals surface area contributed by atoms with Gasteiger partial charge in [0.25, 0.3) is 0 Å². The van der Waals surface area contributed by atoms with Crippen LogP contribution in [-0.2, 0) is 20.9 Å². The minimum Gasteiger partial charge on any atom is -0.480 e. The molecular weight excluding hydrogens is 304 g/mol. The molecule has 2 amide bonds. The lowest BCUT2D eigenvalue weighted by atomic mass is 10.2. The highest BCUT2D eigenvalue weighted by atomic mass is 16.5. The first-order valence-corrected chi connectivity index (χ1v) is 6.87. The average molecular weight is 324 g/mol. The Kier molecular flexibility index (Phi) is 7.51. The molecule has 1 aromatic rings. The van der Waals surface area contributed by atoms with Crippen LogP contribution >= 0.6 is 0 Å². The lowest BCUT2D eigenvalue weighted by Crippen LogP contribution is -2.54. The summed E-state index contributed by atoms with van der Waals surface area (Å²) in [6, 6.07) is 6.72. The highest BCUT2D eigenvalue weighted by Crippen LogP contribution is 2.00. The normalized spacial score (nSPS) is 12.8. The van der Waals surface area contributed by atoms with E-state index in [-0.39, 0.29) is 19.7 Å². The van der Waals surface area contributed by atoms with Crippen molar-refractivity contribution in [3.63, 3.8) is 0 Å². The third kappa shape index (κ3) is 6.76. The maximum atomic E-state index is 11.7. The number of ether oxygens (including phenoxy) is 1. The molecule has 0 aliphatic rings. The van der Waals surface area contributed by atoms with Crippen molar-refractivity contribution in [3.8, 4) is 0 Å². The van der Waals surface area contributed by atoms with Gasteiger partial charge in [0, 0.05) is 13.1 Å². The molecule has 2 atom stereocenters. The Morgan fingerprint density at radius 3 is 2.43 bits per heavy atom. The first-order valence-electron chi connectivity index (χ1n) is 6.87. The summed E-state index contributed by atoms with van der Waals surface area (Å²) in [4.78, 5) is 33.9. The number of hydrogen-bond donors (Lipinski definition) is 5. The molecule has 0 radical (unpaired) electrons. The molecule has 1 aromatic carbocycles. The van der Waals surface area contributed by atoms with E-state index in [1.165, 1.54) is 0 Å². The van der Waals surface area contributed by atoms with Crippen LogP contribution in [0, 0.1) is 0 Å². The van der Waals surface area contributed by atoms with E-state index in [0.717, 1.165) is 5.56 Å². The largest absolute Gasteiger partial charge is 0.480 e. The predicted octanol–water partition coefficient (Wildman–Crippen LogP) is -1.23. The Bertz CT molecular complexity index is 537. The number of carbonyl (C=O) groups is 3. The summed E-state index contributed by atoms with van der Waals surface area (Å²) in [5.41, 5.74) is 11.6. The number of rotatable bonds is 8. The third-order valence-corrected chi connectivity index (χ3v) is 2.87. The zero-order valence-corrected chi connectivity index (χ0v) is 12.4. The van der Waals surface area contributed by atoms with Gasteiger partial charge in [0.1, 0.15) is 18.7 Å². The van der Waals surface area contributed by atoms with Gasteiger partial charge in [0.15, 0.2) is 0 Å². The standard InChI is InChI=1S/C14H20N4O5/c15-6-11(13(20)21)18-12(19)10(16)7-17-14(22)23-8-9-4-2-1-3-5-9/h1-5,10-11H,6-8,15-16H2,(H,17,22)(H,18,19)(H,20,21)/t10-,11-/m0/s1. The molecule has 126 valence electrons. The first-order chi connectivity index (χ1) is 10.9. The summed E-state index contributed by atoms with van der Waals surface area (Å²) in [5, 5.41) is 13.3. The van der Waals surface area contributed by atoms with Gasteiger partial charge in [0.2, 0.25) is 5.91 Å². The van der Waals surface area contributed by atoms with Crippen molar-refractivity contribution in [1.82, 2.24) is 10.6 Å². The molecule has 0 spiro atoms. The lowest BCUT2D eigenvalue weighted by Gasteiger charge is -2.16. The maximum absolute atomic E-state index is 11.7. The number of carboxylic acid groups (broad SMARTS) is 1. The molecule has 0 aliphatic heterocycles. The van der Waals surface area contributed by atoms with Crippen molar-refractivity contribution in [1.29, 1.82) is 0 Å². The van der Waals surface area contributed by atoms with Crippen LogP contribution in [0.4, 0.5) is 4.79 Å². The van der Waals surface area contributed by atoms with E-state index in [1.807, 2.05) is 18.2 Å². The number of carbonyl (C=O) groups excluding carboxylic acids is 2. The smallest absolute Gasteiger partial charge is 0.407 e. The van der Waals surface area contributed by atoms with Crippen LogP contribution in [0.2, 0.25) is 0 Å². The van der Waals surface area contributed by atoms with Gasteiger partial charge >= 0.3 is 12.1 Å². The maximum Gasteiger partial charge on any atom is 0.407 e. The van der Waals surface area contributed by atoms with Crippen molar-refractivity contribution in [2.24, 2.45) is 11.5 Å². The van der Waals surface area contributed by atoms with Crippen LogP contribution in [0.15, 0.2) is 30.3 Å². The summed E-state index contributed by atoms with van der Waals surface area (Å²) in [6.07, 6.45) is -0.731. The van der Waals surface area contributed by atoms with Crippen molar-refractivity contribution in [3.05, 3.63) is 35.9 Å². The summed E-state index contributed by atoms with van der Waals surface area (Å²) in [7, 11) is 0. The second-order valence-electron chi connectivity index (χ2n) is 4.68. The van der Waals surface area contributed by atoms with Gasteiger partial charge in [0.05, 0.1) is 0 Å². The Morgan fingerprint density at radius 1 is 1.22 bits per heavy atom. The molecule has 1 rings (SSSR count). The van der Waals surface area contributed by atoms with Crippen molar-refractivity contribution < 1.29 is 24.2 Å². The van der Waals surface area contributed by atoms with Gasteiger partial charge in [-0.1, -0.05) is 30.3 Å². The van der Waals surface area contributed by atoms with E-state index in [4.69, 9.17) is 21.3 Å². The van der Waals surface area contributed by atoms with E-state index in [0.29, 0.717) is 0 Å². The molecule has 9 nitrogen and oxygen atoms in total. The molecule has 0 fully saturated rings. The topological polar surface area (TPSA) is 157 Å². The monoisotopic (exact) mass is 324 g/mol. The Balaban J connectivity index is 2.31. The molecule has 0 bridgehead atoms. The van der Waals surface area contributed by atoms with E-state index >= 15 is 0 Å². The van der Waals surface area contributed by atoms with E-state index in [2.05, 4.69) is 10.6 Å². The fourth-order valence-electron chi connectivity index (χ4n) is 1.56. The first kappa shape index (κ1) is 18.4. The molecule has 0 aromatic heterocycles. The minimum absolute atomic E-state index is 0.0857. The van der Waals surface area contributed by atoms with Gasteiger partial charge in [-0.05, 0) is 5.56 Å². The van der Waals surface area contributed by atoms with Gasteiger partial charge in [-0.25, -0.2) is 9.59 Å². The van der Waals surface area contributed by atoms with E-state index in [1.54, 1.807) is 12.1 Å². The molecule has 7 N–H and O–H groups in total. The Morgan fingerprint density at radius 2 is 1.87 bits per heavy atom. The van der Waals surface area contributed by atoms with Gasteiger partial charge < -0.3 is 31.9 Å². The molecule has 9 heteroatoms. The number of alkyl carbamates (subject to hydrolysis) is 1. The quantitative estimate of drug-likeness (QED) is 0.400. The predicted molar refractivity (Wildman–Crippen MR) is 81.2 cm³/mol. The Labute approximate surface area is 133 Å². The SMILES string of the molecule is NC[C@H](NC(=O)[C@@H](N)CNC(=O)OCc1ccccc1)C(=O)O. The number of nitrogens with one attached hydrogen (secondary N) is 2. The van der Waals surface area contributed by atoms with Crippen LogP contribution in [-0.4, -0.2) is 48.2 Å². The summed E-state index contributed by atoms with van der Waals surface area (Å²) in [5.74, 6) is -1.99. The van der Waals surface area contributed by atoms with Crippen molar-refractivity contribution in [2.75, 3.05) is 13.1 Å². The number of hydrogen-bond acceptors (Lipinski definition) is 6. The number of nitrogens with two attached hydrogens (primary N) is 2. The number of amides is 2. The van der Waals surface area contributed by atoms with E-state index < -0.39 is 30.1 Å². The highest BCUT2D eigenvalue weighted by molar-refractivity contribution is 5.87. The van der Waals surface area contributed by atoms with Gasteiger partial charge in [-0.3, -0.25) is 4.79 Å². The lowest BCUT2D eigenvalue weighted by molar-refractivity contribution is -0.141. The van der Waals surface area contributed by atoms with Crippen LogP contribution in [0.1, 0.15) is 5.56 Å². The zero-order chi connectivity index (χ0) is 17.2. The molecule has 0 unspecified atom stereocenters. The zero-order valence-electron chi connectivity index (χ0n) is 12.4. The second kappa shape index (κ2) is 9.38. The van der Waals surface area contributed by atoms with Crippen molar-refractivity contribution in [2.45, 2.75) is 18.7 Å². The van der Waals surface area contributed by atoms with Crippen LogP contribution < -0.4 is 22.1 Å². The van der Waals surface area contributed by atoms with Crippen LogP contribution in [0.5, 0.6) is 0 Å². The average Bonchev–Trinajstić information content (AvgIpc) is 2.55. The van der Waals surface area contributed by atoms with E-state index in [9.17, 15) is 14.4 Å². The van der Waals surface area contributed by atoms with Crippen LogP contribution in [0.3, 0.4) is 0 Å². The number of carboxylic acids is 1. The van der Waals surface area contributed by atoms with Gasteiger partial charge in [-0.2, -0.15) is 0 Å². The molecule has 0 aliphatic carbocycles. The third-order valence-electron chi connectivity index (χ3n) is 2.87. The van der Waals surface area contributed by atoms with Gasteiger partial charge in [-0.15, -0.1) is 0 Å². The Hall–Kier alpha value is -2.65.